The summed E-state index contributed by atoms with van der Waals surface area (Å²) in [6.45, 7) is 0.305. The fraction of sp³-hybridized carbons (Fsp3) is 0.316. The molecule has 0 bridgehead atoms. The van der Waals surface area contributed by atoms with E-state index in [-0.39, 0.29) is 17.2 Å². The second-order valence-corrected chi connectivity index (χ2v) is 7.56. The summed E-state index contributed by atoms with van der Waals surface area (Å²) in [7, 11) is 0.867. The minimum Gasteiger partial charge on any atom is -0.493 e. The second kappa shape index (κ2) is 9.43. The Morgan fingerprint density at radius 3 is 2.00 bits per heavy atom. The highest BCUT2D eigenvalue weighted by Crippen LogP contribution is 2.38. The van der Waals surface area contributed by atoms with Crippen LogP contribution in [-0.2, 0) is 27.8 Å². The third-order valence-electron chi connectivity index (χ3n) is 4.11. The number of hydrogen-bond donors (Lipinski definition) is 2. The smallest absolute Gasteiger partial charge is 0.238 e. The van der Waals surface area contributed by atoms with Crippen LogP contribution in [0.15, 0.2) is 41.3 Å². The summed E-state index contributed by atoms with van der Waals surface area (Å²) in [5.74, 6) is 1.38. The van der Waals surface area contributed by atoms with Crippen LogP contribution in [0.5, 0.6) is 17.2 Å². The zero-order valence-electron chi connectivity index (χ0n) is 16.0. The SMILES string of the molecule is COc1cc(CNC(=O)CCc2ccc(S(N)(=O)=O)cc2)cc(OC)c1OC. The van der Waals surface area contributed by atoms with Crippen LogP contribution in [0.25, 0.3) is 0 Å². The number of methoxy groups -OCH3 is 3. The first-order valence-electron chi connectivity index (χ1n) is 8.45. The number of primary sulfonamides is 1. The standard InChI is InChI=1S/C19H24N2O6S/c1-25-16-10-14(11-17(26-2)19(16)27-3)12-21-18(22)9-6-13-4-7-15(8-5-13)28(20,23)24/h4-5,7-8,10-11H,6,9,12H2,1-3H3,(H,21,22)(H2,20,23,24). The van der Waals surface area contributed by atoms with E-state index in [1.807, 2.05) is 0 Å². The van der Waals surface area contributed by atoms with Crippen LogP contribution in [-0.4, -0.2) is 35.7 Å². The van der Waals surface area contributed by atoms with Gasteiger partial charge < -0.3 is 19.5 Å². The summed E-state index contributed by atoms with van der Waals surface area (Å²) in [5, 5.41) is 7.90. The number of sulfonamides is 1. The Labute approximate surface area is 164 Å². The number of nitrogens with two attached hydrogens (primary N) is 1. The molecular formula is C19H24N2O6S. The summed E-state index contributed by atoms with van der Waals surface area (Å²) >= 11 is 0. The van der Waals surface area contributed by atoms with Gasteiger partial charge in [-0.25, -0.2) is 13.6 Å². The van der Waals surface area contributed by atoms with Gasteiger partial charge in [-0.3, -0.25) is 4.79 Å². The van der Waals surface area contributed by atoms with Gasteiger partial charge in [-0.2, -0.15) is 0 Å². The maximum absolute atomic E-state index is 12.1. The summed E-state index contributed by atoms with van der Waals surface area (Å²) in [4.78, 5) is 12.2. The van der Waals surface area contributed by atoms with Gasteiger partial charge >= 0.3 is 0 Å². The van der Waals surface area contributed by atoms with Crippen LogP contribution in [0.4, 0.5) is 0 Å². The van der Waals surface area contributed by atoms with E-state index in [2.05, 4.69) is 5.32 Å². The number of nitrogens with one attached hydrogen (secondary N) is 1. The lowest BCUT2D eigenvalue weighted by molar-refractivity contribution is -0.121. The highest BCUT2D eigenvalue weighted by atomic mass is 32.2. The fourth-order valence-electron chi connectivity index (χ4n) is 2.63. The van der Waals surface area contributed by atoms with Gasteiger partial charge in [-0.05, 0) is 41.8 Å². The predicted octanol–water partition coefficient (Wildman–Crippen LogP) is 1.61. The molecule has 8 nitrogen and oxygen atoms in total. The average molecular weight is 408 g/mol. The van der Waals surface area contributed by atoms with Crippen molar-refractivity contribution in [2.75, 3.05) is 21.3 Å². The maximum atomic E-state index is 12.1. The molecule has 28 heavy (non-hydrogen) atoms. The van der Waals surface area contributed by atoms with E-state index >= 15 is 0 Å². The molecule has 0 spiro atoms. The molecule has 0 aliphatic carbocycles. The van der Waals surface area contributed by atoms with E-state index in [1.165, 1.54) is 33.5 Å². The van der Waals surface area contributed by atoms with E-state index in [0.717, 1.165) is 11.1 Å². The minimum absolute atomic E-state index is 0.0445. The first-order valence-corrected chi connectivity index (χ1v) is 10.0. The lowest BCUT2D eigenvalue weighted by Gasteiger charge is -2.14. The number of ether oxygens (including phenoxy) is 3. The third kappa shape index (κ3) is 5.61. The molecule has 0 atom stereocenters. The Balaban J connectivity index is 1.94. The van der Waals surface area contributed by atoms with Gasteiger partial charge in [0.2, 0.25) is 21.7 Å². The van der Waals surface area contributed by atoms with Gasteiger partial charge in [0.1, 0.15) is 0 Å². The number of rotatable bonds is 9. The largest absolute Gasteiger partial charge is 0.493 e. The van der Waals surface area contributed by atoms with E-state index in [0.29, 0.717) is 30.2 Å². The van der Waals surface area contributed by atoms with Crippen molar-refractivity contribution in [2.24, 2.45) is 5.14 Å². The molecule has 1 amide bonds. The normalized spacial score (nSPS) is 11.0. The summed E-state index contributed by atoms with van der Waals surface area (Å²) in [6, 6.07) is 9.69. The minimum atomic E-state index is -3.72. The first-order chi connectivity index (χ1) is 13.3. The molecule has 0 saturated heterocycles. The zero-order valence-corrected chi connectivity index (χ0v) is 16.8. The van der Waals surface area contributed by atoms with Gasteiger partial charge in [0.05, 0.1) is 26.2 Å². The molecule has 2 aromatic rings. The van der Waals surface area contributed by atoms with Crippen LogP contribution < -0.4 is 24.7 Å². The van der Waals surface area contributed by atoms with E-state index in [1.54, 1.807) is 24.3 Å². The topological polar surface area (TPSA) is 117 Å². The molecule has 2 rings (SSSR count). The van der Waals surface area contributed by atoms with Crippen molar-refractivity contribution < 1.29 is 27.4 Å². The van der Waals surface area contributed by atoms with Crippen LogP contribution in [0.2, 0.25) is 0 Å². The van der Waals surface area contributed by atoms with Gasteiger partial charge in [-0.15, -0.1) is 0 Å². The van der Waals surface area contributed by atoms with E-state index in [4.69, 9.17) is 19.3 Å². The third-order valence-corrected chi connectivity index (χ3v) is 5.04. The van der Waals surface area contributed by atoms with Crippen molar-refractivity contribution in [1.82, 2.24) is 5.32 Å². The predicted molar refractivity (Wildman–Crippen MR) is 104 cm³/mol. The molecule has 0 heterocycles. The van der Waals surface area contributed by atoms with E-state index in [9.17, 15) is 13.2 Å². The van der Waals surface area contributed by atoms with Crippen molar-refractivity contribution in [3.8, 4) is 17.2 Å². The Kier molecular flexibility index (Phi) is 7.24. The Morgan fingerprint density at radius 2 is 1.54 bits per heavy atom. The molecule has 2 aromatic carbocycles. The lowest BCUT2D eigenvalue weighted by atomic mass is 10.1. The Hall–Kier alpha value is -2.78. The number of hydrogen-bond acceptors (Lipinski definition) is 6. The van der Waals surface area contributed by atoms with Gasteiger partial charge in [0, 0.05) is 13.0 Å². The monoisotopic (exact) mass is 408 g/mol. The molecule has 3 N–H and O–H groups in total. The first kappa shape index (κ1) is 21.5. The molecule has 0 aliphatic heterocycles. The number of benzene rings is 2. The molecule has 0 saturated carbocycles. The second-order valence-electron chi connectivity index (χ2n) is 6.00. The van der Waals surface area contributed by atoms with Crippen molar-refractivity contribution in [1.29, 1.82) is 0 Å². The van der Waals surface area contributed by atoms with Gasteiger partial charge in [0.15, 0.2) is 11.5 Å². The number of carbonyl (C=O) groups is 1. The fourth-order valence-corrected chi connectivity index (χ4v) is 3.15. The van der Waals surface area contributed by atoms with Crippen molar-refractivity contribution in [3.05, 3.63) is 47.5 Å². The summed E-state index contributed by atoms with van der Waals surface area (Å²) in [6.07, 6.45) is 0.741. The van der Waals surface area contributed by atoms with Crippen molar-refractivity contribution >= 4 is 15.9 Å². The van der Waals surface area contributed by atoms with E-state index < -0.39 is 10.0 Å². The maximum Gasteiger partial charge on any atom is 0.238 e. The van der Waals surface area contributed by atoms with Crippen molar-refractivity contribution in [2.45, 2.75) is 24.3 Å². The molecule has 0 aliphatic rings. The zero-order chi connectivity index (χ0) is 20.7. The molecule has 9 heteroatoms. The molecule has 0 unspecified atom stereocenters. The van der Waals surface area contributed by atoms with Crippen LogP contribution in [0.3, 0.4) is 0 Å². The van der Waals surface area contributed by atoms with Gasteiger partial charge in [-0.1, -0.05) is 12.1 Å². The lowest BCUT2D eigenvalue weighted by Crippen LogP contribution is -2.23. The molecule has 0 fully saturated rings. The summed E-state index contributed by atoms with van der Waals surface area (Å²) in [5.41, 5.74) is 1.65. The van der Waals surface area contributed by atoms with Crippen molar-refractivity contribution in [3.63, 3.8) is 0 Å². The molecule has 152 valence electrons. The highest BCUT2D eigenvalue weighted by molar-refractivity contribution is 7.89. The number of amides is 1. The molecular weight excluding hydrogens is 384 g/mol. The Bertz CT molecular complexity index is 901. The van der Waals surface area contributed by atoms with Crippen LogP contribution in [0, 0.1) is 0 Å². The number of carbonyl (C=O) groups excluding carboxylic acids is 1. The molecule has 0 radical (unpaired) electrons. The number of aryl methyl sites for hydroxylation is 1. The van der Waals surface area contributed by atoms with Crippen LogP contribution in [0.1, 0.15) is 17.5 Å². The highest BCUT2D eigenvalue weighted by Gasteiger charge is 2.14. The quantitative estimate of drug-likeness (QED) is 0.651. The van der Waals surface area contributed by atoms with Gasteiger partial charge in [0.25, 0.3) is 0 Å². The summed E-state index contributed by atoms with van der Waals surface area (Å²) < 4.78 is 38.4. The average Bonchev–Trinajstić information content (AvgIpc) is 2.69. The Morgan fingerprint density at radius 1 is 0.964 bits per heavy atom. The molecule has 0 aromatic heterocycles. The van der Waals surface area contributed by atoms with Crippen LogP contribution >= 0.6 is 0 Å².